The highest BCUT2D eigenvalue weighted by Crippen LogP contribution is 2.25. The second kappa shape index (κ2) is 7.61. The van der Waals surface area contributed by atoms with Crippen LogP contribution in [0.25, 0.3) is 10.8 Å². The normalized spacial score (nSPS) is 16.0. The van der Waals surface area contributed by atoms with E-state index in [1.807, 2.05) is 6.92 Å². The third-order valence-electron chi connectivity index (χ3n) is 4.08. The van der Waals surface area contributed by atoms with Crippen molar-refractivity contribution in [1.82, 2.24) is 20.4 Å². The van der Waals surface area contributed by atoms with Gasteiger partial charge in [0, 0.05) is 6.04 Å². The Bertz CT molecular complexity index is 837. The molecular weight excluding hydrogens is 364 g/mol. The van der Waals surface area contributed by atoms with E-state index in [1.54, 1.807) is 5.51 Å². The summed E-state index contributed by atoms with van der Waals surface area (Å²) in [6, 6.07) is 0.0857. The maximum absolute atomic E-state index is 12.2. The fourth-order valence-corrected chi connectivity index (χ4v) is 4.69. The maximum Gasteiger partial charge on any atom is 0.269 e. The van der Waals surface area contributed by atoms with Gasteiger partial charge in [0.15, 0.2) is 15.7 Å². The Balaban J connectivity index is 1.58. The van der Waals surface area contributed by atoms with Crippen LogP contribution in [0, 0.1) is 6.92 Å². The Kier molecular flexibility index (Phi) is 5.48. The first-order chi connectivity index (χ1) is 11.9. The number of aryl methyl sites for hydroxylation is 1. The van der Waals surface area contributed by atoms with Crippen molar-refractivity contribution in [3.8, 4) is 10.8 Å². The van der Waals surface area contributed by atoms with Crippen LogP contribution in [0.3, 0.4) is 0 Å². The van der Waals surface area contributed by atoms with Gasteiger partial charge < -0.3 is 9.84 Å². The zero-order valence-electron chi connectivity index (χ0n) is 13.9. The van der Waals surface area contributed by atoms with E-state index in [1.165, 1.54) is 17.8 Å². The third kappa shape index (κ3) is 4.85. The van der Waals surface area contributed by atoms with Crippen molar-refractivity contribution >= 4 is 27.1 Å². The number of amides is 1. The molecule has 1 saturated carbocycles. The van der Waals surface area contributed by atoms with Crippen LogP contribution < -0.4 is 5.32 Å². The molecular formula is C15H20N4O4S2. The lowest BCUT2D eigenvalue weighted by Gasteiger charge is -2.22. The van der Waals surface area contributed by atoms with Crippen LogP contribution in [-0.2, 0) is 20.4 Å². The molecule has 0 bridgehead atoms. The van der Waals surface area contributed by atoms with Crippen molar-refractivity contribution < 1.29 is 17.7 Å². The second-order valence-electron chi connectivity index (χ2n) is 6.22. The molecule has 1 aliphatic rings. The molecule has 3 rings (SSSR count). The van der Waals surface area contributed by atoms with Crippen LogP contribution >= 0.6 is 11.3 Å². The molecule has 1 fully saturated rings. The number of nitrogens with one attached hydrogen (secondary N) is 1. The Morgan fingerprint density at radius 2 is 2.12 bits per heavy atom. The van der Waals surface area contributed by atoms with Gasteiger partial charge in [-0.1, -0.05) is 24.4 Å². The summed E-state index contributed by atoms with van der Waals surface area (Å²) in [6.45, 7) is 1.81. The lowest BCUT2D eigenvalue weighted by molar-refractivity contribution is -0.119. The van der Waals surface area contributed by atoms with Gasteiger partial charge in [-0.15, -0.1) is 11.3 Å². The van der Waals surface area contributed by atoms with Gasteiger partial charge in [0.05, 0.1) is 11.2 Å². The van der Waals surface area contributed by atoms with E-state index in [2.05, 4.69) is 20.4 Å². The molecule has 0 radical (unpaired) electrons. The van der Waals surface area contributed by atoms with Gasteiger partial charge >= 0.3 is 0 Å². The molecule has 1 amide bonds. The second-order valence-corrected chi connectivity index (χ2v) is 9.14. The van der Waals surface area contributed by atoms with Gasteiger partial charge in [0.25, 0.3) is 5.89 Å². The Morgan fingerprint density at radius 3 is 2.80 bits per heavy atom. The highest BCUT2D eigenvalue weighted by molar-refractivity contribution is 7.91. The molecule has 0 spiro atoms. The minimum Gasteiger partial charge on any atom is -0.352 e. The number of carbonyl (C=O) groups is 1. The first-order valence-electron chi connectivity index (χ1n) is 8.16. The molecule has 0 aromatic carbocycles. The average molecular weight is 384 g/mol. The highest BCUT2D eigenvalue weighted by Gasteiger charge is 2.24. The number of aromatic nitrogens is 3. The Hall–Kier alpha value is -1.81. The van der Waals surface area contributed by atoms with Crippen molar-refractivity contribution in [2.45, 2.75) is 50.8 Å². The van der Waals surface area contributed by atoms with Gasteiger partial charge in [-0.2, -0.15) is 4.98 Å². The molecule has 2 aromatic heterocycles. The summed E-state index contributed by atoms with van der Waals surface area (Å²) in [5.74, 6) is -1.15. The van der Waals surface area contributed by atoms with Gasteiger partial charge in [-0.3, -0.25) is 4.79 Å². The van der Waals surface area contributed by atoms with Crippen molar-refractivity contribution in [3.05, 3.63) is 17.0 Å². The van der Waals surface area contributed by atoms with Crippen molar-refractivity contribution in [2.24, 2.45) is 0 Å². The molecule has 0 unspecified atom stereocenters. The molecule has 10 heteroatoms. The number of rotatable bonds is 6. The van der Waals surface area contributed by atoms with Crippen LogP contribution in [-0.4, -0.2) is 41.2 Å². The first kappa shape index (κ1) is 18.0. The molecule has 1 N–H and O–H groups in total. The van der Waals surface area contributed by atoms with Crippen LogP contribution in [0.1, 0.15) is 43.6 Å². The summed E-state index contributed by atoms with van der Waals surface area (Å²) in [7, 11) is -3.66. The van der Waals surface area contributed by atoms with Gasteiger partial charge in [0.2, 0.25) is 5.91 Å². The minimum atomic E-state index is -3.66. The Labute approximate surface area is 150 Å². The zero-order valence-corrected chi connectivity index (χ0v) is 15.5. The smallest absolute Gasteiger partial charge is 0.269 e. The zero-order chi connectivity index (χ0) is 17.9. The fraction of sp³-hybridized carbons (Fsp3) is 0.600. The molecule has 136 valence electrons. The van der Waals surface area contributed by atoms with E-state index in [9.17, 15) is 13.2 Å². The van der Waals surface area contributed by atoms with Crippen LogP contribution in [0.15, 0.2) is 10.0 Å². The monoisotopic (exact) mass is 384 g/mol. The molecule has 25 heavy (non-hydrogen) atoms. The molecule has 8 nitrogen and oxygen atoms in total. The number of nitrogens with zero attached hydrogens (tertiary/aromatic N) is 3. The number of hydrogen-bond acceptors (Lipinski definition) is 8. The predicted octanol–water partition coefficient (Wildman–Crippen LogP) is 1.87. The lowest BCUT2D eigenvalue weighted by atomic mass is 9.95. The number of thiazole rings is 1. The molecule has 0 aliphatic heterocycles. The molecule has 0 saturated heterocycles. The molecule has 0 atom stereocenters. The SMILES string of the molecule is Cc1ncsc1-c1nc(CS(=O)(=O)CC(=O)NC2CCCCC2)no1. The summed E-state index contributed by atoms with van der Waals surface area (Å²) >= 11 is 1.34. The van der Waals surface area contributed by atoms with Crippen LogP contribution in [0.5, 0.6) is 0 Å². The van der Waals surface area contributed by atoms with E-state index in [0.717, 1.165) is 31.4 Å². The first-order valence-corrected chi connectivity index (χ1v) is 10.9. The van der Waals surface area contributed by atoms with E-state index in [-0.39, 0.29) is 17.8 Å². The van der Waals surface area contributed by atoms with E-state index < -0.39 is 27.3 Å². The number of carbonyl (C=O) groups excluding carboxylic acids is 1. The van der Waals surface area contributed by atoms with Crippen LogP contribution in [0.4, 0.5) is 0 Å². The minimum absolute atomic E-state index is 0.0493. The highest BCUT2D eigenvalue weighted by atomic mass is 32.2. The van der Waals surface area contributed by atoms with Crippen molar-refractivity contribution in [3.63, 3.8) is 0 Å². The fourth-order valence-electron chi connectivity index (χ4n) is 2.88. The van der Waals surface area contributed by atoms with E-state index in [0.29, 0.717) is 4.88 Å². The van der Waals surface area contributed by atoms with E-state index in [4.69, 9.17) is 4.52 Å². The predicted molar refractivity (Wildman–Crippen MR) is 92.6 cm³/mol. The molecule has 2 heterocycles. The average Bonchev–Trinajstić information content (AvgIpc) is 3.15. The van der Waals surface area contributed by atoms with Gasteiger partial charge in [-0.25, -0.2) is 13.4 Å². The quantitative estimate of drug-likeness (QED) is 0.808. The number of sulfone groups is 1. The maximum atomic E-state index is 12.2. The van der Waals surface area contributed by atoms with Gasteiger partial charge in [0.1, 0.15) is 16.4 Å². The largest absolute Gasteiger partial charge is 0.352 e. The van der Waals surface area contributed by atoms with E-state index >= 15 is 0 Å². The summed E-state index contributed by atoms with van der Waals surface area (Å²) in [5, 5.41) is 6.51. The van der Waals surface area contributed by atoms with Gasteiger partial charge in [-0.05, 0) is 19.8 Å². The molecule has 1 aliphatic carbocycles. The molecule has 2 aromatic rings. The third-order valence-corrected chi connectivity index (χ3v) is 6.39. The van der Waals surface area contributed by atoms with Crippen molar-refractivity contribution in [2.75, 3.05) is 5.75 Å². The summed E-state index contributed by atoms with van der Waals surface area (Å²) in [6.07, 6.45) is 5.13. The summed E-state index contributed by atoms with van der Waals surface area (Å²) in [4.78, 5) is 20.9. The van der Waals surface area contributed by atoms with Crippen molar-refractivity contribution in [1.29, 1.82) is 0 Å². The topological polar surface area (TPSA) is 115 Å². The summed E-state index contributed by atoms with van der Waals surface area (Å²) < 4.78 is 29.6. The standard InChI is InChI=1S/C15H20N4O4S2/c1-10-14(24-9-16-10)15-18-12(19-23-15)7-25(21,22)8-13(20)17-11-5-3-2-4-6-11/h9,11H,2-8H2,1H3,(H,17,20). The lowest BCUT2D eigenvalue weighted by Crippen LogP contribution is -2.39. The Morgan fingerprint density at radius 1 is 1.36 bits per heavy atom. The van der Waals surface area contributed by atoms with Crippen LogP contribution in [0.2, 0.25) is 0 Å². The number of hydrogen-bond donors (Lipinski definition) is 1. The summed E-state index contributed by atoms with van der Waals surface area (Å²) in [5.41, 5.74) is 2.40.